The maximum Gasteiger partial charge on any atom is 0.258 e. The van der Waals surface area contributed by atoms with E-state index >= 15 is 0 Å². The lowest BCUT2D eigenvalue weighted by molar-refractivity contribution is -0.130. The molecule has 2 saturated heterocycles. The lowest BCUT2D eigenvalue weighted by Crippen LogP contribution is -2.43. The molecule has 2 heterocycles. The second-order valence-electron chi connectivity index (χ2n) is 8.44. The van der Waals surface area contributed by atoms with E-state index in [-0.39, 0.29) is 17.7 Å². The largest absolute Gasteiger partial charge is 0.493 e. The molecule has 0 aromatic heterocycles. The number of likely N-dealkylation sites (tertiary alicyclic amines) is 1. The first kappa shape index (κ1) is 24.1. The van der Waals surface area contributed by atoms with E-state index in [1.807, 2.05) is 53.9 Å². The van der Waals surface area contributed by atoms with Crippen LogP contribution in [0.5, 0.6) is 5.75 Å². The van der Waals surface area contributed by atoms with E-state index in [0.29, 0.717) is 43.0 Å². The average Bonchev–Trinajstić information content (AvgIpc) is 3.36. The van der Waals surface area contributed by atoms with Crippen molar-refractivity contribution >= 4 is 35.2 Å². The molecule has 0 spiro atoms. The summed E-state index contributed by atoms with van der Waals surface area (Å²) in [6.45, 7) is 4.49. The zero-order valence-corrected chi connectivity index (χ0v) is 20.3. The number of anilines is 1. The van der Waals surface area contributed by atoms with Crippen molar-refractivity contribution in [2.75, 3.05) is 43.1 Å². The molecule has 180 valence electrons. The number of thioether (sulfide) groups is 1. The third-order valence-electron chi connectivity index (χ3n) is 6.17. The zero-order valence-electron chi connectivity index (χ0n) is 19.5. The molecule has 0 bridgehead atoms. The molecule has 2 fully saturated rings. The standard InChI is InChI=1S/C26H31N3O4S/c1-2-33-23-8-4-3-6-21(23)26(32)29-13-5-7-22(29)25(31)27-20-11-9-19(10-12-20)18-24(30)28-14-16-34-17-15-28/h3-4,6,8-12,22H,2,5,7,13-18H2,1H3,(H,27,31). The summed E-state index contributed by atoms with van der Waals surface area (Å²) in [6.07, 6.45) is 1.76. The van der Waals surface area contributed by atoms with Crippen molar-refractivity contribution in [2.45, 2.75) is 32.2 Å². The van der Waals surface area contributed by atoms with Gasteiger partial charge in [-0.3, -0.25) is 14.4 Å². The van der Waals surface area contributed by atoms with E-state index in [2.05, 4.69) is 5.32 Å². The topological polar surface area (TPSA) is 79.0 Å². The van der Waals surface area contributed by atoms with Crippen molar-refractivity contribution in [3.63, 3.8) is 0 Å². The van der Waals surface area contributed by atoms with E-state index in [1.54, 1.807) is 23.1 Å². The number of rotatable bonds is 7. The summed E-state index contributed by atoms with van der Waals surface area (Å²) in [5.41, 5.74) is 2.06. The van der Waals surface area contributed by atoms with Crippen LogP contribution in [0.4, 0.5) is 5.69 Å². The van der Waals surface area contributed by atoms with E-state index in [9.17, 15) is 14.4 Å². The highest BCUT2D eigenvalue weighted by Crippen LogP contribution is 2.26. The molecule has 34 heavy (non-hydrogen) atoms. The monoisotopic (exact) mass is 481 g/mol. The fourth-order valence-corrected chi connectivity index (χ4v) is 5.30. The summed E-state index contributed by atoms with van der Waals surface area (Å²) >= 11 is 1.88. The van der Waals surface area contributed by atoms with Crippen molar-refractivity contribution in [1.29, 1.82) is 0 Å². The third-order valence-corrected chi connectivity index (χ3v) is 7.12. The molecular weight excluding hydrogens is 450 g/mol. The number of para-hydroxylation sites is 1. The van der Waals surface area contributed by atoms with Crippen molar-refractivity contribution in [3.05, 3.63) is 59.7 Å². The van der Waals surface area contributed by atoms with Crippen LogP contribution in [0.2, 0.25) is 0 Å². The molecule has 3 amide bonds. The van der Waals surface area contributed by atoms with E-state index in [1.165, 1.54) is 0 Å². The molecule has 4 rings (SSSR count). The zero-order chi connectivity index (χ0) is 23.9. The third kappa shape index (κ3) is 5.73. The van der Waals surface area contributed by atoms with Crippen molar-refractivity contribution < 1.29 is 19.1 Å². The first-order valence-corrected chi connectivity index (χ1v) is 13.0. The normalized spacial score (nSPS) is 18.0. The van der Waals surface area contributed by atoms with E-state index in [4.69, 9.17) is 4.74 Å². The van der Waals surface area contributed by atoms with Crippen LogP contribution < -0.4 is 10.1 Å². The molecule has 1 unspecified atom stereocenters. The van der Waals surface area contributed by atoms with Gasteiger partial charge in [0, 0.05) is 36.8 Å². The van der Waals surface area contributed by atoms with E-state index < -0.39 is 6.04 Å². The highest BCUT2D eigenvalue weighted by atomic mass is 32.2. The summed E-state index contributed by atoms with van der Waals surface area (Å²) in [5.74, 6) is 2.28. The van der Waals surface area contributed by atoms with Crippen LogP contribution in [-0.2, 0) is 16.0 Å². The number of benzene rings is 2. The Bertz CT molecular complexity index is 1020. The highest BCUT2D eigenvalue weighted by molar-refractivity contribution is 7.99. The number of hydrogen-bond acceptors (Lipinski definition) is 5. The molecule has 2 aromatic rings. The Morgan fingerprint density at radius 3 is 2.50 bits per heavy atom. The molecule has 1 N–H and O–H groups in total. The Hall–Kier alpha value is -3.00. The summed E-state index contributed by atoms with van der Waals surface area (Å²) in [5, 5.41) is 2.94. The smallest absolute Gasteiger partial charge is 0.258 e. The molecule has 1 atom stereocenters. The predicted octanol–water partition coefficient (Wildman–Crippen LogP) is 3.45. The first-order valence-electron chi connectivity index (χ1n) is 11.8. The Morgan fingerprint density at radius 2 is 1.76 bits per heavy atom. The van der Waals surface area contributed by atoms with Crippen LogP contribution in [0.25, 0.3) is 0 Å². The van der Waals surface area contributed by atoms with Crippen LogP contribution >= 0.6 is 11.8 Å². The second kappa shape index (κ2) is 11.4. The Kier molecular flexibility index (Phi) is 8.11. The van der Waals surface area contributed by atoms with Crippen molar-refractivity contribution in [1.82, 2.24) is 9.80 Å². The SMILES string of the molecule is CCOc1ccccc1C(=O)N1CCCC1C(=O)Nc1ccc(CC(=O)N2CCSCC2)cc1. The van der Waals surface area contributed by atoms with Gasteiger partial charge in [0.1, 0.15) is 11.8 Å². The van der Waals surface area contributed by atoms with Gasteiger partial charge in [0.05, 0.1) is 18.6 Å². The van der Waals surface area contributed by atoms with Crippen molar-refractivity contribution in [2.24, 2.45) is 0 Å². The molecule has 2 aliphatic rings. The fraction of sp³-hybridized carbons (Fsp3) is 0.423. The second-order valence-corrected chi connectivity index (χ2v) is 9.67. The average molecular weight is 482 g/mol. The van der Waals surface area contributed by atoms with Gasteiger partial charge in [0.25, 0.3) is 5.91 Å². The van der Waals surface area contributed by atoms with E-state index in [0.717, 1.165) is 36.6 Å². The lowest BCUT2D eigenvalue weighted by Gasteiger charge is -2.26. The summed E-state index contributed by atoms with van der Waals surface area (Å²) in [7, 11) is 0. The van der Waals surface area contributed by atoms with Gasteiger partial charge in [0.15, 0.2) is 0 Å². The minimum atomic E-state index is -0.527. The number of carbonyl (C=O) groups is 3. The molecule has 0 radical (unpaired) electrons. The molecule has 2 aliphatic heterocycles. The number of ether oxygens (including phenoxy) is 1. The Balaban J connectivity index is 1.37. The van der Waals surface area contributed by atoms with Crippen LogP contribution in [0.15, 0.2) is 48.5 Å². The number of hydrogen-bond donors (Lipinski definition) is 1. The summed E-state index contributed by atoms with van der Waals surface area (Å²) < 4.78 is 5.61. The number of nitrogens with zero attached hydrogens (tertiary/aromatic N) is 2. The van der Waals surface area contributed by atoms with Gasteiger partial charge >= 0.3 is 0 Å². The molecule has 2 aromatic carbocycles. The number of nitrogens with one attached hydrogen (secondary N) is 1. The molecule has 0 saturated carbocycles. The summed E-state index contributed by atoms with van der Waals surface area (Å²) in [6, 6.07) is 14.0. The predicted molar refractivity (Wildman–Crippen MR) is 134 cm³/mol. The molecule has 7 nitrogen and oxygen atoms in total. The highest BCUT2D eigenvalue weighted by Gasteiger charge is 2.35. The fourth-order valence-electron chi connectivity index (χ4n) is 4.39. The molecule has 0 aliphatic carbocycles. The Labute approximate surface area is 204 Å². The van der Waals surface area contributed by atoms with Crippen molar-refractivity contribution in [3.8, 4) is 5.75 Å². The van der Waals surface area contributed by atoms with Gasteiger partial charge in [-0.05, 0) is 49.6 Å². The minimum Gasteiger partial charge on any atom is -0.493 e. The van der Waals surface area contributed by atoms with Gasteiger partial charge < -0.3 is 19.9 Å². The van der Waals surface area contributed by atoms with Crippen LogP contribution in [0.3, 0.4) is 0 Å². The van der Waals surface area contributed by atoms with Crippen LogP contribution in [0, 0.1) is 0 Å². The van der Waals surface area contributed by atoms with Crippen LogP contribution in [0.1, 0.15) is 35.7 Å². The number of amides is 3. The number of carbonyl (C=O) groups excluding carboxylic acids is 3. The minimum absolute atomic E-state index is 0.143. The maximum atomic E-state index is 13.2. The Morgan fingerprint density at radius 1 is 1.03 bits per heavy atom. The molecular formula is C26H31N3O4S. The lowest BCUT2D eigenvalue weighted by atomic mass is 10.1. The maximum absolute atomic E-state index is 13.2. The molecule has 8 heteroatoms. The first-order chi connectivity index (χ1) is 16.6. The van der Waals surface area contributed by atoms with Gasteiger partial charge in [-0.15, -0.1) is 0 Å². The quantitative estimate of drug-likeness (QED) is 0.655. The van der Waals surface area contributed by atoms with Crippen LogP contribution in [-0.4, -0.2) is 71.3 Å². The van der Waals surface area contributed by atoms with Gasteiger partial charge in [0.2, 0.25) is 11.8 Å². The van der Waals surface area contributed by atoms with Gasteiger partial charge in [-0.1, -0.05) is 24.3 Å². The van der Waals surface area contributed by atoms with Gasteiger partial charge in [-0.25, -0.2) is 0 Å². The van der Waals surface area contributed by atoms with Gasteiger partial charge in [-0.2, -0.15) is 11.8 Å². The summed E-state index contributed by atoms with van der Waals surface area (Å²) in [4.78, 5) is 42.3.